The lowest BCUT2D eigenvalue weighted by Crippen LogP contribution is -2.49. The molecule has 0 saturated carbocycles. The largest absolute Gasteiger partial charge is 0.484 e. The topological polar surface area (TPSA) is 92.6 Å². The van der Waals surface area contributed by atoms with Gasteiger partial charge in [0, 0.05) is 0 Å². The lowest BCUT2D eigenvalue weighted by molar-refractivity contribution is -0.123. The number of thiocarbonyl (C=S) groups is 1. The van der Waals surface area contributed by atoms with Crippen LogP contribution < -0.4 is 20.9 Å². The molecular weight excluding hydrogens is 354 g/mol. The van der Waals surface area contributed by atoms with Crippen LogP contribution in [0.1, 0.15) is 41.6 Å². The summed E-state index contributed by atoms with van der Waals surface area (Å²) in [5, 5.41) is 2.33. The molecule has 0 fully saturated rings. The number of hydrogen-bond acceptors (Lipinski definition) is 5. The molecule has 1 aromatic heterocycles. The first-order valence-corrected chi connectivity index (χ1v) is 8.45. The van der Waals surface area contributed by atoms with Crippen LogP contribution in [0.2, 0.25) is 0 Å². The van der Waals surface area contributed by atoms with E-state index in [0.29, 0.717) is 17.4 Å². The molecule has 138 valence electrons. The molecule has 1 aromatic carbocycles. The second-order valence-corrected chi connectivity index (χ2v) is 6.29. The van der Waals surface area contributed by atoms with Crippen LogP contribution in [0, 0.1) is 6.92 Å². The highest BCUT2D eigenvalue weighted by Crippen LogP contribution is 2.18. The molecule has 0 radical (unpaired) electrons. The van der Waals surface area contributed by atoms with Crippen molar-refractivity contribution in [1.29, 1.82) is 0 Å². The van der Waals surface area contributed by atoms with Crippen molar-refractivity contribution in [3.63, 3.8) is 0 Å². The fourth-order valence-corrected chi connectivity index (χ4v) is 2.16. The third-order valence-electron chi connectivity index (χ3n) is 3.42. The van der Waals surface area contributed by atoms with E-state index in [0.717, 1.165) is 0 Å². The third-order valence-corrected chi connectivity index (χ3v) is 3.63. The molecule has 8 heteroatoms. The number of ether oxygens (including phenoxy) is 1. The Balaban J connectivity index is 1.70. The number of nitrogens with one attached hydrogen (secondary N) is 3. The molecule has 0 saturated heterocycles. The van der Waals surface area contributed by atoms with Crippen molar-refractivity contribution in [2.75, 3.05) is 6.61 Å². The van der Waals surface area contributed by atoms with Gasteiger partial charge in [-0.25, -0.2) is 0 Å². The average Bonchev–Trinajstić information content (AvgIpc) is 3.05. The second kappa shape index (κ2) is 9.00. The molecule has 2 rings (SSSR count). The Morgan fingerprint density at radius 1 is 1.12 bits per heavy atom. The first-order chi connectivity index (χ1) is 12.3. The van der Waals surface area contributed by atoms with E-state index in [1.54, 1.807) is 13.0 Å². The quantitative estimate of drug-likeness (QED) is 0.549. The van der Waals surface area contributed by atoms with Gasteiger partial charge in [0.25, 0.3) is 11.8 Å². The first-order valence-electron chi connectivity index (χ1n) is 8.04. The Kier molecular flexibility index (Phi) is 6.74. The molecule has 0 aliphatic carbocycles. The number of aryl methyl sites for hydroxylation is 1. The van der Waals surface area contributed by atoms with E-state index >= 15 is 0 Å². The van der Waals surface area contributed by atoms with Gasteiger partial charge in [0.15, 0.2) is 17.5 Å². The Bertz CT molecular complexity index is 784. The van der Waals surface area contributed by atoms with Gasteiger partial charge in [0.1, 0.15) is 11.5 Å². The van der Waals surface area contributed by atoms with Crippen molar-refractivity contribution < 1.29 is 18.7 Å². The number of benzene rings is 1. The Morgan fingerprint density at radius 2 is 1.81 bits per heavy atom. The van der Waals surface area contributed by atoms with Crippen molar-refractivity contribution in [2.24, 2.45) is 0 Å². The maximum atomic E-state index is 11.8. The molecule has 0 bridgehead atoms. The van der Waals surface area contributed by atoms with Crippen LogP contribution in [0.4, 0.5) is 0 Å². The fourth-order valence-electron chi connectivity index (χ4n) is 2.01. The van der Waals surface area contributed by atoms with Crippen LogP contribution in [0.5, 0.6) is 5.75 Å². The average molecular weight is 375 g/mol. The van der Waals surface area contributed by atoms with Gasteiger partial charge >= 0.3 is 0 Å². The zero-order chi connectivity index (χ0) is 19.1. The molecular formula is C18H21N3O4S. The summed E-state index contributed by atoms with van der Waals surface area (Å²) in [7, 11) is 0. The van der Waals surface area contributed by atoms with Crippen molar-refractivity contribution in [1.82, 2.24) is 16.2 Å². The van der Waals surface area contributed by atoms with E-state index in [2.05, 4.69) is 30.0 Å². The highest BCUT2D eigenvalue weighted by atomic mass is 32.1. The molecule has 3 N–H and O–H groups in total. The third kappa shape index (κ3) is 5.89. The summed E-state index contributed by atoms with van der Waals surface area (Å²) in [6.45, 7) is 5.74. The number of carbonyl (C=O) groups excluding carboxylic acids is 2. The van der Waals surface area contributed by atoms with Crippen molar-refractivity contribution >= 4 is 29.1 Å². The summed E-state index contributed by atoms with van der Waals surface area (Å²) in [4.78, 5) is 23.6. The van der Waals surface area contributed by atoms with Gasteiger partial charge in [0.05, 0.1) is 0 Å². The SMILES string of the molecule is Cc1ccc(C(=O)NC(=S)NNC(=O)COc2ccc(C(C)C)cc2)o1. The maximum absolute atomic E-state index is 11.8. The van der Waals surface area contributed by atoms with E-state index in [9.17, 15) is 9.59 Å². The van der Waals surface area contributed by atoms with Crippen molar-refractivity contribution in [3.05, 3.63) is 53.5 Å². The molecule has 7 nitrogen and oxygen atoms in total. The number of carbonyl (C=O) groups is 2. The van der Waals surface area contributed by atoms with Gasteiger partial charge in [-0.15, -0.1) is 0 Å². The number of hydrazine groups is 1. The Morgan fingerprint density at radius 3 is 2.38 bits per heavy atom. The predicted molar refractivity (Wildman–Crippen MR) is 101 cm³/mol. The van der Waals surface area contributed by atoms with E-state index in [1.807, 2.05) is 24.3 Å². The highest BCUT2D eigenvalue weighted by molar-refractivity contribution is 7.80. The molecule has 2 amide bonds. The summed E-state index contributed by atoms with van der Waals surface area (Å²) in [5.74, 6) is 0.813. The smallest absolute Gasteiger partial charge is 0.293 e. The van der Waals surface area contributed by atoms with E-state index in [1.165, 1.54) is 11.6 Å². The predicted octanol–water partition coefficient (Wildman–Crippen LogP) is 2.43. The van der Waals surface area contributed by atoms with Gasteiger partial charge in [-0.1, -0.05) is 26.0 Å². The summed E-state index contributed by atoms with van der Waals surface area (Å²) >= 11 is 4.93. The van der Waals surface area contributed by atoms with Gasteiger partial charge in [-0.05, 0) is 54.9 Å². The van der Waals surface area contributed by atoms with E-state index in [4.69, 9.17) is 21.4 Å². The number of furan rings is 1. The van der Waals surface area contributed by atoms with Crippen LogP contribution in [0.3, 0.4) is 0 Å². The summed E-state index contributed by atoms with van der Waals surface area (Å²) in [6.07, 6.45) is 0. The molecule has 0 aliphatic rings. The van der Waals surface area contributed by atoms with Gasteiger partial charge in [-0.2, -0.15) is 0 Å². The van der Waals surface area contributed by atoms with Crippen LogP contribution in [0.25, 0.3) is 0 Å². The number of amides is 2. The van der Waals surface area contributed by atoms with Crippen LogP contribution in [0.15, 0.2) is 40.8 Å². The molecule has 0 unspecified atom stereocenters. The van der Waals surface area contributed by atoms with Crippen LogP contribution in [-0.2, 0) is 4.79 Å². The minimum absolute atomic E-state index is 0.0568. The summed E-state index contributed by atoms with van der Waals surface area (Å²) in [6, 6.07) is 10.7. The lowest BCUT2D eigenvalue weighted by atomic mass is 10.0. The molecule has 0 spiro atoms. The van der Waals surface area contributed by atoms with E-state index in [-0.39, 0.29) is 17.5 Å². The zero-order valence-electron chi connectivity index (χ0n) is 14.8. The van der Waals surface area contributed by atoms with E-state index < -0.39 is 11.8 Å². The zero-order valence-corrected chi connectivity index (χ0v) is 15.6. The molecule has 1 heterocycles. The minimum atomic E-state index is -0.508. The van der Waals surface area contributed by atoms with Gasteiger partial charge in [-0.3, -0.25) is 25.8 Å². The number of rotatable bonds is 5. The van der Waals surface area contributed by atoms with Gasteiger partial charge < -0.3 is 9.15 Å². The summed E-state index contributed by atoms with van der Waals surface area (Å²) in [5.41, 5.74) is 5.96. The van der Waals surface area contributed by atoms with Crippen molar-refractivity contribution in [2.45, 2.75) is 26.7 Å². The van der Waals surface area contributed by atoms with Gasteiger partial charge in [0.2, 0.25) is 0 Å². The monoisotopic (exact) mass is 375 g/mol. The highest BCUT2D eigenvalue weighted by Gasteiger charge is 2.12. The Hall–Kier alpha value is -2.87. The minimum Gasteiger partial charge on any atom is -0.484 e. The normalized spacial score (nSPS) is 10.3. The molecule has 0 aliphatic heterocycles. The molecule has 26 heavy (non-hydrogen) atoms. The summed E-state index contributed by atoms with van der Waals surface area (Å²) < 4.78 is 10.6. The molecule has 0 atom stereocenters. The van der Waals surface area contributed by atoms with Crippen LogP contribution >= 0.6 is 12.2 Å². The standard InChI is InChI=1S/C18H21N3O4S/c1-11(2)13-5-7-14(8-6-13)24-10-16(22)20-21-18(26)19-17(23)15-9-4-12(3)25-15/h4-9,11H,10H2,1-3H3,(H,20,22)(H2,19,21,23,26). The van der Waals surface area contributed by atoms with Crippen LogP contribution in [-0.4, -0.2) is 23.5 Å². The van der Waals surface area contributed by atoms with Crippen molar-refractivity contribution in [3.8, 4) is 5.75 Å². The first kappa shape index (κ1) is 19.5. The Labute approximate surface area is 157 Å². The number of hydrogen-bond donors (Lipinski definition) is 3. The fraction of sp³-hybridized carbons (Fsp3) is 0.278. The maximum Gasteiger partial charge on any atom is 0.293 e. The second-order valence-electron chi connectivity index (χ2n) is 5.88. The lowest BCUT2D eigenvalue weighted by Gasteiger charge is -2.11. The molecule has 2 aromatic rings.